The Morgan fingerprint density at radius 3 is 2.50 bits per heavy atom. The van der Waals surface area contributed by atoms with Gasteiger partial charge >= 0.3 is 6.09 Å². The highest BCUT2D eigenvalue weighted by atomic mass is 16.6. The van der Waals surface area contributed by atoms with E-state index in [4.69, 9.17) is 4.74 Å². The van der Waals surface area contributed by atoms with Crippen LogP contribution in [0.2, 0.25) is 0 Å². The molecule has 0 aliphatic rings. The molecule has 16 heavy (non-hydrogen) atoms. The van der Waals surface area contributed by atoms with Gasteiger partial charge in [0.2, 0.25) is 0 Å². The van der Waals surface area contributed by atoms with Gasteiger partial charge < -0.3 is 15.0 Å². The van der Waals surface area contributed by atoms with Crippen LogP contribution in [0.4, 0.5) is 4.79 Å². The molecular formula is C11H15N2O3-. The Hall–Kier alpha value is -1.62. The van der Waals surface area contributed by atoms with Gasteiger partial charge in [0.25, 0.3) is 0 Å². The topological polar surface area (TPSA) is 65.5 Å². The van der Waals surface area contributed by atoms with E-state index in [1.54, 1.807) is 45.3 Å². The summed E-state index contributed by atoms with van der Waals surface area (Å²) >= 11 is 0. The smallest absolute Gasteiger partial charge is 0.399 e. The molecule has 1 aromatic rings. The molecule has 5 heteroatoms. The minimum Gasteiger partial charge on any atom is -0.753 e. The summed E-state index contributed by atoms with van der Waals surface area (Å²) in [6, 6.07) is 3.35. The molecule has 0 saturated heterocycles. The normalized spacial score (nSPS) is 11.0. The lowest BCUT2D eigenvalue weighted by Gasteiger charge is -2.31. The van der Waals surface area contributed by atoms with Crippen molar-refractivity contribution in [3.8, 4) is 0 Å². The van der Waals surface area contributed by atoms with E-state index in [0.717, 1.165) is 5.56 Å². The highest BCUT2D eigenvalue weighted by Crippen LogP contribution is 2.11. The lowest BCUT2D eigenvalue weighted by atomic mass is 10.2. The number of rotatable bonds is 2. The number of hydrogen-bond acceptors (Lipinski definition) is 4. The molecule has 0 aromatic carbocycles. The van der Waals surface area contributed by atoms with Gasteiger partial charge in [-0.3, -0.25) is 4.98 Å². The van der Waals surface area contributed by atoms with Crippen LogP contribution in [0, 0.1) is 5.21 Å². The van der Waals surface area contributed by atoms with Gasteiger partial charge in [-0.1, -0.05) is 0 Å². The standard InChI is InChI=1S/C11H15N2O3/c1-11(2,3)16-10(14)13(15)8-9-4-6-12-7-5-9/h4-7H,8H2,1-3H3/q-1. The molecule has 0 aliphatic heterocycles. The Bertz CT molecular complexity index is 346. The molecule has 1 aromatic heterocycles. The number of aromatic nitrogens is 1. The molecule has 0 fully saturated rings. The van der Waals surface area contributed by atoms with Gasteiger partial charge in [0.15, 0.2) is 0 Å². The van der Waals surface area contributed by atoms with Gasteiger partial charge in [-0.25, -0.2) is 4.79 Å². The van der Waals surface area contributed by atoms with Crippen molar-refractivity contribution in [1.29, 1.82) is 0 Å². The monoisotopic (exact) mass is 223 g/mol. The third kappa shape index (κ3) is 4.27. The summed E-state index contributed by atoms with van der Waals surface area (Å²) in [5.74, 6) is 0. The van der Waals surface area contributed by atoms with Crippen molar-refractivity contribution in [2.45, 2.75) is 32.9 Å². The average molecular weight is 223 g/mol. The highest BCUT2D eigenvalue weighted by Gasteiger charge is 2.17. The predicted molar refractivity (Wildman–Crippen MR) is 59.4 cm³/mol. The maximum atomic E-state index is 11.4. The largest absolute Gasteiger partial charge is 0.753 e. The number of nitrogens with zero attached hydrogens (tertiary/aromatic N) is 2. The SMILES string of the molecule is CC(C)(C)OC(=O)N([O-])Cc1ccncc1. The fourth-order valence-corrected chi connectivity index (χ4v) is 1.03. The first-order chi connectivity index (χ1) is 7.38. The van der Waals surface area contributed by atoms with Crippen molar-refractivity contribution in [3.05, 3.63) is 35.3 Å². The van der Waals surface area contributed by atoms with E-state index in [1.165, 1.54) is 0 Å². The van der Waals surface area contributed by atoms with Gasteiger partial charge in [-0.15, -0.1) is 0 Å². The van der Waals surface area contributed by atoms with Gasteiger partial charge in [-0.2, -0.15) is 0 Å². The molecule has 0 radical (unpaired) electrons. The first kappa shape index (κ1) is 12.4. The second kappa shape index (κ2) is 4.94. The molecule has 88 valence electrons. The van der Waals surface area contributed by atoms with Crippen LogP contribution in [0.25, 0.3) is 0 Å². The van der Waals surface area contributed by atoms with Crippen molar-refractivity contribution in [2.75, 3.05) is 0 Å². The Kier molecular flexibility index (Phi) is 3.84. The summed E-state index contributed by atoms with van der Waals surface area (Å²) in [4.78, 5) is 15.2. The fraction of sp³-hybridized carbons (Fsp3) is 0.455. The van der Waals surface area contributed by atoms with Crippen molar-refractivity contribution < 1.29 is 9.53 Å². The van der Waals surface area contributed by atoms with Crippen LogP contribution in [0.3, 0.4) is 0 Å². The third-order valence-electron chi connectivity index (χ3n) is 1.67. The van der Waals surface area contributed by atoms with Crippen LogP contribution in [-0.4, -0.2) is 21.7 Å². The maximum absolute atomic E-state index is 11.4. The van der Waals surface area contributed by atoms with Crippen LogP contribution in [-0.2, 0) is 11.3 Å². The zero-order valence-corrected chi connectivity index (χ0v) is 9.64. The average Bonchev–Trinajstić information content (AvgIpc) is 2.16. The second-order valence-electron chi connectivity index (χ2n) is 4.37. The van der Waals surface area contributed by atoms with Crippen molar-refractivity contribution in [2.24, 2.45) is 0 Å². The van der Waals surface area contributed by atoms with E-state index >= 15 is 0 Å². The third-order valence-corrected chi connectivity index (χ3v) is 1.67. The fourth-order valence-electron chi connectivity index (χ4n) is 1.03. The summed E-state index contributed by atoms with van der Waals surface area (Å²) in [6.07, 6.45) is 2.26. The molecular weight excluding hydrogens is 208 g/mol. The minimum absolute atomic E-state index is 0.0303. The Morgan fingerprint density at radius 2 is 2.00 bits per heavy atom. The Balaban J connectivity index is 2.53. The van der Waals surface area contributed by atoms with E-state index in [2.05, 4.69) is 4.98 Å². The van der Waals surface area contributed by atoms with E-state index in [0.29, 0.717) is 5.06 Å². The van der Waals surface area contributed by atoms with Crippen LogP contribution >= 0.6 is 0 Å². The van der Waals surface area contributed by atoms with E-state index in [1.807, 2.05) is 0 Å². The molecule has 1 rings (SSSR count). The highest BCUT2D eigenvalue weighted by molar-refractivity contribution is 5.68. The summed E-state index contributed by atoms with van der Waals surface area (Å²) in [5.41, 5.74) is 0.0636. The number of hydrogen-bond donors (Lipinski definition) is 0. The first-order valence-electron chi connectivity index (χ1n) is 4.95. The first-order valence-corrected chi connectivity index (χ1v) is 4.95. The van der Waals surface area contributed by atoms with E-state index in [9.17, 15) is 10.0 Å². The van der Waals surface area contributed by atoms with Gasteiger partial charge in [0, 0.05) is 18.9 Å². The second-order valence-corrected chi connectivity index (χ2v) is 4.37. The van der Waals surface area contributed by atoms with Crippen LogP contribution in [0.15, 0.2) is 24.5 Å². The number of hydroxylamine groups is 2. The molecule has 0 atom stereocenters. The van der Waals surface area contributed by atoms with Gasteiger partial charge in [0.1, 0.15) is 5.60 Å². The van der Waals surface area contributed by atoms with Crippen molar-refractivity contribution in [1.82, 2.24) is 10.0 Å². The van der Waals surface area contributed by atoms with Crippen LogP contribution in [0.5, 0.6) is 0 Å². The predicted octanol–water partition coefficient (Wildman–Crippen LogP) is 2.32. The number of carbonyl (C=O) groups excluding carboxylic acids is 1. The molecule has 0 spiro atoms. The summed E-state index contributed by atoms with van der Waals surface area (Å²) in [5, 5.41) is 11.7. The number of carbonyl (C=O) groups is 1. The summed E-state index contributed by atoms with van der Waals surface area (Å²) < 4.78 is 4.93. The zero-order chi connectivity index (χ0) is 12.2. The molecule has 5 nitrogen and oxygen atoms in total. The minimum atomic E-state index is -0.871. The van der Waals surface area contributed by atoms with Gasteiger partial charge in [0.05, 0.1) is 0 Å². The molecule has 0 aliphatic carbocycles. The van der Waals surface area contributed by atoms with Crippen molar-refractivity contribution in [3.63, 3.8) is 0 Å². The maximum Gasteiger partial charge on any atom is 0.399 e. The lowest BCUT2D eigenvalue weighted by molar-refractivity contribution is 0.0323. The van der Waals surface area contributed by atoms with E-state index < -0.39 is 11.7 Å². The summed E-state index contributed by atoms with van der Waals surface area (Å²) in [6.45, 7) is 5.11. The Labute approximate surface area is 94.6 Å². The van der Waals surface area contributed by atoms with E-state index in [-0.39, 0.29) is 6.54 Å². The number of amides is 1. The van der Waals surface area contributed by atoms with Crippen LogP contribution in [0.1, 0.15) is 26.3 Å². The number of pyridine rings is 1. The molecule has 0 N–H and O–H groups in total. The summed E-state index contributed by atoms with van der Waals surface area (Å²) in [7, 11) is 0. The number of ether oxygens (including phenoxy) is 1. The molecule has 0 saturated carbocycles. The van der Waals surface area contributed by atoms with Crippen molar-refractivity contribution >= 4 is 6.09 Å². The van der Waals surface area contributed by atoms with Gasteiger partial charge in [-0.05, 0) is 38.5 Å². The molecule has 0 unspecified atom stereocenters. The lowest BCUT2D eigenvalue weighted by Crippen LogP contribution is -2.32. The quantitative estimate of drug-likeness (QED) is 0.721. The van der Waals surface area contributed by atoms with Crippen LogP contribution < -0.4 is 0 Å². The molecule has 1 heterocycles. The Morgan fingerprint density at radius 1 is 1.44 bits per heavy atom. The molecule has 0 bridgehead atoms. The molecule has 1 amide bonds. The zero-order valence-electron chi connectivity index (χ0n) is 9.64.